The Bertz CT molecular complexity index is 947. The molecule has 0 saturated carbocycles. The van der Waals surface area contributed by atoms with Gasteiger partial charge in [0.2, 0.25) is 5.95 Å². The number of alkyl halides is 3. The lowest BCUT2D eigenvalue weighted by Gasteiger charge is -2.10. The fourth-order valence-electron chi connectivity index (χ4n) is 2.37. The van der Waals surface area contributed by atoms with Crippen LogP contribution in [-0.4, -0.2) is 41.1 Å². The Kier molecular flexibility index (Phi) is 9.13. The van der Waals surface area contributed by atoms with Crippen molar-refractivity contribution >= 4 is 17.5 Å². The maximum atomic E-state index is 12.8. The van der Waals surface area contributed by atoms with Crippen LogP contribution in [0.2, 0.25) is 0 Å². The van der Waals surface area contributed by atoms with Crippen molar-refractivity contribution in [2.45, 2.75) is 6.18 Å². The van der Waals surface area contributed by atoms with Gasteiger partial charge in [-0.15, -0.1) is 0 Å². The summed E-state index contributed by atoms with van der Waals surface area (Å²) in [6.07, 6.45) is -1.24. The second-order valence-corrected chi connectivity index (χ2v) is 6.19. The van der Waals surface area contributed by atoms with Gasteiger partial charge in [-0.2, -0.15) is 13.2 Å². The molecule has 2 heterocycles. The van der Waals surface area contributed by atoms with Gasteiger partial charge in [-0.1, -0.05) is 6.07 Å². The van der Waals surface area contributed by atoms with Crippen molar-refractivity contribution in [3.63, 3.8) is 0 Å². The average Bonchev–Trinajstić information content (AvgIpc) is 2.78. The smallest absolute Gasteiger partial charge is 0.369 e. The number of hydrogen-bond donors (Lipinski definition) is 5. The highest BCUT2D eigenvalue weighted by Crippen LogP contribution is 2.31. The second kappa shape index (κ2) is 11.8. The van der Waals surface area contributed by atoms with Crippen LogP contribution in [0.5, 0.6) is 0 Å². The number of anilines is 3. The first kappa shape index (κ1) is 24.0. The van der Waals surface area contributed by atoms with Crippen molar-refractivity contribution in [1.29, 1.82) is 0 Å². The molecule has 0 bridgehead atoms. The Balaban J connectivity index is 0.000000785. The van der Waals surface area contributed by atoms with E-state index in [1.807, 2.05) is 6.07 Å². The normalized spacial score (nSPS) is 10.8. The van der Waals surface area contributed by atoms with E-state index in [9.17, 15) is 13.2 Å². The van der Waals surface area contributed by atoms with Crippen LogP contribution in [0.15, 0.2) is 54.9 Å². The van der Waals surface area contributed by atoms with Gasteiger partial charge in [0.05, 0.1) is 11.3 Å². The summed E-state index contributed by atoms with van der Waals surface area (Å²) in [4.78, 5) is 12.6. The van der Waals surface area contributed by atoms with Crippen molar-refractivity contribution in [1.82, 2.24) is 15.0 Å². The molecule has 0 fully saturated rings. The van der Waals surface area contributed by atoms with E-state index >= 15 is 0 Å². The molecule has 0 radical (unpaired) electrons. The monoisotopic (exact) mass is 434 g/mol. The van der Waals surface area contributed by atoms with E-state index in [0.29, 0.717) is 37.7 Å². The number of rotatable bonds is 7. The van der Waals surface area contributed by atoms with Gasteiger partial charge < -0.3 is 27.8 Å². The van der Waals surface area contributed by atoms with Gasteiger partial charge in [-0.25, -0.2) is 15.0 Å². The fourth-order valence-corrected chi connectivity index (χ4v) is 2.37. The van der Waals surface area contributed by atoms with Gasteiger partial charge >= 0.3 is 6.18 Å². The lowest BCUT2D eigenvalue weighted by atomic mass is 10.2. The molecule has 11 heteroatoms. The number of nitrogens with one attached hydrogen (secondary N) is 2. The molecule has 0 unspecified atom stereocenters. The molecule has 0 amide bonds. The maximum Gasteiger partial charge on any atom is 0.416 e. The molecule has 2 aromatic heterocycles. The molecule has 31 heavy (non-hydrogen) atoms. The van der Waals surface area contributed by atoms with Gasteiger partial charge in [0.25, 0.3) is 0 Å². The number of halogens is 3. The van der Waals surface area contributed by atoms with Crippen LogP contribution < -0.4 is 27.8 Å². The Hall–Kier alpha value is -3.28. The third-order valence-electron chi connectivity index (χ3n) is 3.77. The molecule has 3 rings (SSSR count). The molecule has 0 aliphatic rings. The lowest BCUT2D eigenvalue weighted by Crippen LogP contribution is -2.13. The summed E-state index contributed by atoms with van der Waals surface area (Å²) in [6.45, 7) is 2.26. The number of hydrogen-bond acceptors (Lipinski definition) is 8. The summed E-state index contributed by atoms with van der Waals surface area (Å²) in [7, 11) is 0. The average molecular weight is 434 g/mol. The van der Waals surface area contributed by atoms with E-state index < -0.39 is 11.7 Å². The Morgan fingerprint density at radius 3 is 2.29 bits per heavy atom. The van der Waals surface area contributed by atoms with E-state index in [-0.39, 0.29) is 11.6 Å². The van der Waals surface area contributed by atoms with Crippen LogP contribution in [0, 0.1) is 0 Å². The third kappa shape index (κ3) is 7.81. The lowest BCUT2D eigenvalue weighted by molar-refractivity contribution is -0.137. The molecule has 1 aromatic carbocycles. The largest absolute Gasteiger partial charge is 0.416 e. The molecule has 0 aliphatic heterocycles. The second-order valence-electron chi connectivity index (χ2n) is 6.19. The minimum Gasteiger partial charge on any atom is -0.369 e. The molecule has 3 aromatic rings. The zero-order valence-electron chi connectivity index (χ0n) is 16.7. The standard InChI is InChI=1S/C18H17F3N6.C2H8N2/c19-18(20,21)13-2-1-3-14(11-13)26-17-25-8-5-15(27-17)12-4-7-23-16(10-12)24-9-6-22;3-1-2-4/h1-5,7-8,10-11H,6,9,22H2,(H,23,24)(H,25,26,27);1-4H2. The van der Waals surface area contributed by atoms with Gasteiger partial charge in [0.1, 0.15) is 5.82 Å². The zero-order chi connectivity index (χ0) is 22.7. The van der Waals surface area contributed by atoms with Gasteiger partial charge in [0, 0.05) is 49.8 Å². The maximum absolute atomic E-state index is 12.8. The first-order chi connectivity index (χ1) is 14.9. The molecular formula is C20H25F3N8. The highest BCUT2D eigenvalue weighted by molar-refractivity contribution is 5.64. The van der Waals surface area contributed by atoms with Crippen molar-refractivity contribution in [3.8, 4) is 11.3 Å². The van der Waals surface area contributed by atoms with Crippen LogP contribution in [0.3, 0.4) is 0 Å². The Morgan fingerprint density at radius 2 is 1.61 bits per heavy atom. The summed E-state index contributed by atoms with van der Waals surface area (Å²) >= 11 is 0. The summed E-state index contributed by atoms with van der Waals surface area (Å²) in [5.74, 6) is 0.851. The summed E-state index contributed by atoms with van der Waals surface area (Å²) in [5.41, 5.74) is 16.2. The van der Waals surface area contributed by atoms with E-state index in [4.69, 9.17) is 17.2 Å². The van der Waals surface area contributed by atoms with Gasteiger partial charge in [-0.05, 0) is 36.4 Å². The minimum atomic E-state index is -4.41. The summed E-state index contributed by atoms with van der Waals surface area (Å²) in [6, 6.07) is 10.2. The molecule has 0 saturated heterocycles. The molecule has 166 valence electrons. The first-order valence-corrected chi connectivity index (χ1v) is 9.45. The zero-order valence-corrected chi connectivity index (χ0v) is 16.7. The van der Waals surface area contributed by atoms with Crippen molar-refractivity contribution in [2.75, 3.05) is 36.8 Å². The topological polar surface area (TPSA) is 141 Å². The predicted molar refractivity (Wildman–Crippen MR) is 116 cm³/mol. The SMILES string of the molecule is NCCN.NCCNc1cc(-c2ccnc(Nc3cccc(C(F)(F)F)c3)n2)ccn1. The predicted octanol–water partition coefficient (Wildman–Crippen LogP) is 2.58. The van der Waals surface area contributed by atoms with E-state index in [1.165, 1.54) is 18.3 Å². The van der Waals surface area contributed by atoms with Crippen LogP contribution in [0.25, 0.3) is 11.3 Å². The van der Waals surface area contributed by atoms with Gasteiger partial charge in [-0.3, -0.25) is 0 Å². The minimum absolute atomic E-state index is 0.195. The van der Waals surface area contributed by atoms with Crippen molar-refractivity contribution in [3.05, 3.63) is 60.4 Å². The highest BCUT2D eigenvalue weighted by atomic mass is 19.4. The van der Waals surface area contributed by atoms with Crippen LogP contribution in [0.1, 0.15) is 5.56 Å². The number of nitrogens with two attached hydrogens (primary N) is 3. The molecule has 8 N–H and O–H groups in total. The fraction of sp³-hybridized carbons (Fsp3) is 0.250. The van der Waals surface area contributed by atoms with E-state index in [2.05, 4.69) is 25.6 Å². The Morgan fingerprint density at radius 1 is 0.871 bits per heavy atom. The summed E-state index contributed by atoms with van der Waals surface area (Å²) in [5, 5.41) is 5.88. The molecule has 0 atom stereocenters. The third-order valence-corrected chi connectivity index (χ3v) is 3.77. The van der Waals surface area contributed by atoms with Crippen molar-refractivity contribution < 1.29 is 13.2 Å². The van der Waals surface area contributed by atoms with Crippen LogP contribution >= 0.6 is 0 Å². The van der Waals surface area contributed by atoms with Crippen LogP contribution in [-0.2, 0) is 6.18 Å². The first-order valence-electron chi connectivity index (χ1n) is 9.45. The summed E-state index contributed by atoms with van der Waals surface area (Å²) < 4.78 is 38.5. The number of nitrogens with zero attached hydrogens (tertiary/aromatic N) is 3. The number of benzene rings is 1. The Labute approximate surface area is 178 Å². The molecular weight excluding hydrogens is 409 g/mol. The van der Waals surface area contributed by atoms with E-state index in [1.54, 1.807) is 18.3 Å². The van der Waals surface area contributed by atoms with E-state index in [0.717, 1.165) is 17.7 Å². The van der Waals surface area contributed by atoms with Crippen molar-refractivity contribution in [2.24, 2.45) is 17.2 Å². The molecule has 0 aliphatic carbocycles. The number of aromatic nitrogens is 3. The molecule has 8 nitrogen and oxygen atoms in total. The molecule has 0 spiro atoms. The quantitative estimate of drug-likeness (QED) is 0.382. The highest BCUT2D eigenvalue weighted by Gasteiger charge is 2.30. The van der Waals surface area contributed by atoms with Gasteiger partial charge in [0.15, 0.2) is 0 Å². The number of pyridine rings is 1. The van der Waals surface area contributed by atoms with Crippen LogP contribution in [0.4, 0.5) is 30.6 Å².